The summed E-state index contributed by atoms with van der Waals surface area (Å²) in [6.45, 7) is 1.57. The molecule has 6 nitrogen and oxygen atoms in total. The largest absolute Gasteiger partial charge is 0.495 e. The highest BCUT2D eigenvalue weighted by Gasteiger charge is 2.29. The topological polar surface area (TPSA) is 104 Å². The summed E-state index contributed by atoms with van der Waals surface area (Å²) in [6, 6.07) is 5.22. The van der Waals surface area contributed by atoms with Crippen LogP contribution in [0, 0.1) is 11.3 Å². The van der Waals surface area contributed by atoms with Gasteiger partial charge in [0.05, 0.1) is 18.7 Å². The smallest absolute Gasteiger partial charge is 0.335 e. The summed E-state index contributed by atoms with van der Waals surface area (Å²) < 4.78 is 29.4. The number of methoxy groups -OCH3 is 1. The zero-order valence-electron chi connectivity index (χ0n) is 10.5. The molecule has 7 heteroatoms. The number of aromatic carboxylic acids is 1. The van der Waals surface area contributed by atoms with Gasteiger partial charge in [0.15, 0.2) is 15.1 Å². The average molecular weight is 283 g/mol. The molecule has 19 heavy (non-hydrogen) atoms. The Morgan fingerprint density at radius 3 is 2.58 bits per heavy atom. The van der Waals surface area contributed by atoms with E-state index in [0.717, 1.165) is 6.07 Å². The molecule has 0 fully saturated rings. The van der Waals surface area contributed by atoms with Gasteiger partial charge >= 0.3 is 5.97 Å². The summed E-state index contributed by atoms with van der Waals surface area (Å²) in [4.78, 5) is 10.6. The van der Waals surface area contributed by atoms with Crippen LogP contribution in [0.5, 0.6) is 5.75 Å². The molecule has 0 radical (unpaired) electrons. The van der Waals surface area contributed by atoms with Crippen molar-refractivity contribution in [2.75, 3.05) is 7.11 Å². The molecule has 0 bridgehead atoms. The monoisotopic (exact) mass is 283 g/mol. The van der Waals surface area contributed by atoms with Gasteiger partial charge in [0, 0.05) is 0 Å². The maximum absolute atomic E-state index is 12.3. The summed E-state index contributed by atoms with van der Waals surface area (Å²) >= 11 is 0. The fourth-order valence-electron chi connectivity index (χ4n) is 1.57. The lowest BCUT2D eigenvalue weighted by molar-refractivity contribution is 0.0696. The number of sulfone groups is 1. The Balaban J connectivity index is 3.52. The Morgan fingerprint density at radius 2 is 2.16 bits per heavy atom. The van der Waals surface area contributed by atoms with E-state index >= 15 is 0 Å². The van der Waals surface area contributed by atoms with Gasteiger partial charge in [-0.15, -0.1) is 0 Å². The lowest BCUT2D eigenvalue weighted by Gasteiger charge is -2.13. The number of hydrogen-bond acceptors (Lipinski definition) is 5. The second kappa shape index (κ2) is 5.71. The van der Waals surface area contributed by atoms with Gasteiger partial charge < -0.3 is 9.84 Å². The Bertz CT molecular complexity index is 630. The molecule has 0 aliphatic rings. The van der Waals surface area contributed by atoms with Gasteiger partial charge in [-0.3, -0.25) is 0 Å². The van der Waals surface area contributed by atoms with Crippen molar-refractivity contribution in [3.63, 3.8) is 0 Å². The summed E-state index contributed by atoms with van der Waals surface area (Å²) in [5.41, 5.74) is -0.174. The predicted octanol–water partition coefficient (Wildman–Crippen LogP) is 1.47. The third-order valence-corrected chi connectivity index (χ3v) is 4.73. The first-order valence-electron chi connectivity index (χ1n) is 5.43. The van der Waals surface area contributed by atoms with Crippen LogP contribution < -0.4 is 4.74 Å². The second-order valence-electron chi connectivity index (χ2n) is 3.74. The fourth-order valence-corrected chi connectivity index (χ4v) is 3.17. The Kier molecular flexibility index (Phi) is 4.51. The summed E-state index contributed by atoms with van der Waals surface area (Å²) in [5.74, 6) is -1.22. The Hall–Kier alpha value is -2.07. The van der Waals surface area contributed by atoms with E-state index in [1.165, 1.54) is 19.2 Å². The van der Waals surface area contributed by atoms with Gasteiger partial charge in [-0.05, 0) is 24.6 Å². The van der Waals surface area contributed by atoms with Crippen molar-refractivity contribution in [2.45, 2.75) is 23.5 Å². The first-order chi connectivity index (χ1) is 8.88. The van der Waals surface area contributed by atoms with Crippen LogP contribution in [0.15, 0.2) is 23.1 Å². The van der Waals surface area contributed by atoms with Crippen LogP contribution in [-0.4, -0.2) is 31.9 Å². The van der Waals surface area contributed by atoms with Gasteiger partial charge in [0.25, 0.3) is 0 Å². The summed E-state index contributed by atoms with van der Waals surface area (Å²) in [6.07, 6.45) is 0.110. The van der Waals surface area contributed by atoms with Crippen molar-refractivity contribution in [3.05, 3.63) is 23.8 Å². The fraction of sp³-hybridized carbons (Fsp3) is 0.333. The molecule has 0 saturated heterocycles. The van der Waals surface area contributed by atoms with Crippen molar-refractivity contribution >= 4 is 15.8 Å². The number of nitriles is 1. The molecule has 0 aromatic heterocycles. The maximum Gasteiger partial charge on any atom is 0.335 e. The molecule has 0 spiro atoms. The number of ether oxygens (including phenoxy) is 1. The third-order valence-electron chi connectivity index (χ3n) is 2.61. The molecule has 1 aromatic carbocycles. The Morgan fingerprint density at radius 1 is 1.53 bits per heavy atom. The van der Waals surface area contributed by atoms with Crippen LogP contribution in [0.3, 0.4) is 0 Å². The third kappa shape index (κ3) is 2.85. The number of carbonyl (C=O) groups is 1. The van der Waals surface area contributed by atoms with Crippen LogP contribution in [0.25, 0.3) is 0 Å². The highest BCUT2D eigenvalue weighted by molar-refractivity contribution is 7.92. The zero-order valence-corrected chi connectivity index (χ0v) is 11.3. The van der Waals surface area contributed by atoms with Gasteiger partial charge in [0.1, 0.15) is 10.6 Å². The van der Waals surface area contributed by atoms with E-state index in [-0.39, 0.29) is 22.6 Å². The summed E-state index contributed by atoms with van der Waals surface area (Å²) in [5, 5.41) is 16.5. The minimum Gasteiger partial charge on any atom is -0.495 e. The molecule has 1 N–H and O–H groups in total. The first kappa shape index (κ1) is 15.0. The van der Waals surface area contributed by atoms with E-state index in [4.69, 9.17) is 15.1 Å². The highest BCUT2D eigenvalue weighted by atomic mass is 32.2. The highest BCUT2D eigenvalue weighted by Crippen LogP contribution is 2.29. The van der Waals surface area contributed by atoms with Crippen molar-refractivity contribution in [1.82, 2.24) is 0 Å². The SMILES string of the molecule is CCC(C#N)S(=O)(=O)c1cc(C(=O)O)ccc1OC. The van der Waals surface area contributed by atoms with Crippen molar-refractivity contribution in [1.29, 1.82) is 5.26 Å². The van der Waals surface area contributed by atoms with Crippen LogP contribution in [0.2, 0.25) is 0 Å². The molecule has 0 heterocycles. The van der Waals surface area contributed by atoms with Crippen molar-refractivity contribution in [3.8, 4) is 11.8 Å². The lowest BCUT2D eigenvalue weighted by atomic mass is 10.2. The van der Waals surface area contributed by atoms with E-state index in [0.29, 0.717) is 0 Å². The first-order valence-corrected chi connectivity index (χ1v) is 6.98. The minimum atomic E-state index is -3.95. The van der Waals surface area contributed by atoms with Gasteiger partial charge in [-0.1, -0.05) is 6.92 Å². The molecular weight excluding hydrogens is 270 g/mol. The lowest BCUT2D eigenvalue weighted by Crippen LogP contribution is -2.20. The Labute approximate surface area is 111 Å². The number of benzene rings is 1. The van der Waals surface area contributed by atoms with Crippen LogP contribution >= 0.6 is 0 Å². The number of carboxylic acids is 1. The van der Waals surface area contributed by atoms with Crippen molar-refractivity contribution in [2.24, 2.45) is 0 Å². The zero-order chi connectivity index (χ0) is 14.6. The molecule has 0 saturated carbocycles. The molecule has 0 aliphatic heterocycles. The van der Waals surface area contributed by atoms with Gasteiger partial charge in [-0.25, -0.2) is 13.2 Å². The summed E-state index contributed by atoms with van der Waals surface area (Å²) in [7, 11) is -2.67. The van der Waals surface area contributed by atoms with Crippen LogP contribution in [0.4, 0.5) is 0 Å². The van der Waals surface area contributed by atoms with Gasteiger partial charge in [0.2, 0.25) is 0 Å². The number of rotatable bonds is 5. The molecule has 1 atom stereocenters. The van der Waals surface area contributed by atoms with Gasteiger partial charge in [-0.2, -0.15) is 5.26 Å². The molecule has 1 unspecified atom stereocenters. The second-order valence-corrected chi connectivity index (χ2v) is 5.84. The maximum atomic E-state index is 12.3. The average Bonchev–Trinajstić information content (AvgIpc) is 2.38. The number of nitrogens with zero attached hydrogens (tertiary/aromatic N) is 1. The number of hydrogen-bond donors (Lipinski definition) is 1. The minimum absolute atomic E-state index is 0.0266. The molecule has 0 aliphatic carbocycles. The van der Waals surface area contributed by atoms with E-state index < -0.39 is 21.1 Å². The quantitative estimate of drug-likeness (QED) is 0.877. The van der Waals surface area contributed by atoms with E-state index in [9.17, 15) is 13.2 Å². The standard InChI is InChI=1S/C12H13NO5S/c1-3-9(7-13)19(16,17)11-6-8(12(14)15)4-5-10(11)18-2/h4-6,9H,3H2,1-2H3,(H,14,15). The van der Waals surface area contributed by atoms with E-state index in [2.05, 4.69) is 0 Å². The number of carboxylic acid groups (broad SMARTS) is 1. The normalized spacial score (nSPS) is 12.5. The molecule has 1 rings (SSSR count). The molecule has 0 amide bonds. The van der Waals surface area contributed by atoms with E-state index in [1.54, 1.807) is 13.0 Å². The van der Waals surface area contributed by atoms with E-state index in [1.807, 2.05) is 0 Å². The van der Waals surface area contributed by atoms with Crippen molar-refractivity contribution < 1.29 is 23.1 Å². The molecule has 102 valence electrons. The molecular formula is C12H13NO5S. The molecule has 1 aromatic rings. The van der Waals surface area contributed by atoms with Crippen LogP contribution in [-0.2, 0) is 9.84 Å². The predicted molar refractivity (Wildman–Crippen MR) is 66.8 cm³/mol. The van der Waals surface area contributed by atoms with Crippen LogP contribution in [0.1, 0.15) is 23.7 Å².